The van der Waals surface area contributed by atoms with E-state index in [1.54, 1.807) is 0 Å². The zero-order valence-corrected chi connectivity index (χ0v) is 8.56. The van der Waals surface area contributed by atoms with Gasteiger partial charge in [0, 0.05) is 0 Å². The summed E-state index contributed by atoms with van der Waals surface area (Å²) in [6.45, 7) is 4.00. The molecule has 3 saturated carbocycles. The smallest absolute Gasteiger partial charge is 0.0844 e. The first-order valence-corrected chi connectivity index (χ1v) is 6.15. The van der Waals surface area contributed by atoms with E-state index in [1.165, 1.54) is 25.7 Å². The molecule has 3 aliphatic carbocycles. The lowest BCUT2D eigenvalue weighted by atomic mass is 9.67. The molecule has 1 heterocycles. The van der Waals surface area contributed by atoms with Crippen LogP contribution in [0.1, 0.15) is 25.7 Å². The second-order valence-electron chi connectivity index (χ2n) is 5.81. The molecule has 1 aliphatic heterocycles. The lowest BCUT2D eigenvalue weighted by Gasteiger charge is -2.36. The van der Waals surface area contributed by atoms with Crippen molar-refractivity contribution in [3.8, 4) is 0 Å². The van der Waals surface area contributed by atoms with Crippen LogP contribution in [0.3, 0.4) is 0 Å². The molecule has 7 unspecified atom stereocenters. The Labute approximate surface area is 85.5 Å². The highest BCUT2D eigenvalue weighted by molar-refractivity contribution is 5.10. The normalized spacial score (nSPS) is 63.3. The SMILES string of the molecule is C=CC1CC2CC1C1CC3OC3CC21. The average Bonchev–Trinajstić information content (AvgIpc) is 2.72. The van der Waals surface area contributed by atoms with Crippen LogP contribution in [0.25, 0.3) is 0 Å². The van der Waals surface area contributed by atoms with E-state index in [2.05, 4.69) is 12.7 Å². The molecule has 0 aromatic heterocycles. The van der Waals surface area contributed by atoms with Gasteiger partial charge in [-0.05, 0) is 55.3 Å². The average molecular weight is 190 g/mol. The Morgan fingerprint density at radius 3 is 2.50 bits per heavy atom. The first kappa shape index (κ1) is 7.92. The molecular formula is C13H18O. The molecule has 4 rings (SSSR count). The monoisotopic (exact) mass is 190 g/mol. The molecule has 76 valence electrons. The molecule has 7 atom stereocenters. The van der Waals surface area contributed by atoms with Gasteiger partial charge in [0.15, 0.2) is 0 Å². The van der Waals surface area contributed by atoms with E-state index in [-0.39, 0.29) is 0 Å². The van der Waals surface area contributed by atoms with Crippen LogP contribution in [0.4, 0.5) is 0 Å². The minimum absolute atomic E-state index is 0.668. The number of allylic oxidation sites excluding steroid dienone is 1. The minimum atomic E-state index is 0.668. The predicted octanol–water partition coefficient (Wildman–Crippen LogP) is 2.62. The van der Waals surface area contributed by atoms with Crippen LogP contribution in [-0.4, -0.2) is 12.2 Å². The summed E-state index contributed by atoms with van der Waals surface area (Å²) in [6, 6.07) is 0. The van der Waals surface area contributed by atoms with Gasteiger partial charge in [0.1, 0.15) is 0 Å². The third-order valence-electron chi connectivity index (χ3n) is 5.40. The highest BCUT2D eigenvalue weighted by Gasteiger charge is 2.59. The first-order valence-electron chi connectivity index (χ1n) is 6.15. The number of rotatable bonds is 1. The molecule has 1 nitrogen and oxygen atoms in total. The van der Waals surface area contributed by atoms with Gasteiger partial charge in [-0.15, -0.1) is 6.58 Å². The van der Waals surface area contributed by atoms with Crippen molar-refractivity contribution >= 4 is 0 Å². The van der Waals surface area contributed by atoms with E-state index in [9.17, 15) is 0 Å². The molecule has 1 heteroatoms. The van der Waals surface area contributed by atoms with E-state index >= 15 is 0 Å². The van der Waals surface area contributed by atoms with E-state index in [0.29, 0.717) is 12.2 Å². The lowest BCUT2D eigenvalue weighted by molar-refractivity contribution is 0.148. The number of hydrogen-bond acceptors (Lipinski definition) is 1. The zero-order valence-electron chi connectivity index (χ0n) is 8.56. The largest absolute Gasteiger partial charge is 0.370 e. The molecule has 0 spiro atoms. The van der Waals surface area contributed by atoms with Gasteiger partial charge in [-0.25, -0.2) is 0 Å². The maximum Gasteiger partial charge on any atom is 0.0844 e. The molecule has 0 aromatic rings. The maximum absolute atomic E-state index is 5.68. The quantitative estimate of drug-likeness (QED) is 0.457. The number of ether oxygens (including phenoxy) is 1. The van der Waals surface area contributed by atoms with E-state index in [4.69, 9.17) is 4.74 Å². The third-order valence-corrected chi connectivity index (χ3v) is 5.40. The summed E-state index contributed by atoms with van der Waals surface area (Å²) < 4.78 is 5.68. The third kappa shape index (κ3) is 0.850. The van der Waals surface area contributed by atoms with Crippen LogP contribution < -0.4 is 0 Å². The van der Waals surface area contributed by atoms with Crippen molar-refractivity contribution in [3.05, 3.63) is 12.7 Å². The first-order chi connectivity index (χ1) is 6.86. The van der Waals surface area contributed by atoms with Gasteiger partial charge >= 0.3 is 0 Å². The van der Waals surface area contributed by atoms with E-state index in [0.717, 1.165) is 29.6 Å². The van der Waals surface area contributed by atoms with Gasteiger partial charge in [0.05, 0.1) is 12.2 Å². The summed E-state index contributed by atoms with van der Waals surface area (Å²) in [5, 5.41) is 0. The van der Waals surface area contributed by atoms with Gasteiger partial charge < -0.3 is 4.74 Å². The second-order valence-corrected chi connectivity index (χ2v) is 5.81. The Morgan fingerprint density at radius 2 is 1.71 bits per heavy atom. The molecule has 2 bridgehead atoms. The summed E-state index contributed by atoms with van der Waals surface area (Å²) in [5.74, 6) is 4.88. The Hall–Kier alpha value is -0.300. The zero-order chi connectivity index (χ0) is 9.28. The van der Waals surface area contributed by atoms with E-state index in [1.807, 2.05) is 0 Å². The van der Waals surface area contributed by atoms with Crippen LogP contribution >= 0.6 is 0 Å². The topological polar surface area (TPSA) is 12.5 Å². The minimum Gasteiger partial charge on any atom is -0.370 e. The van der Waals surface area contributed by atoms with Crippen molar-refractivity contribution in [3.63, 3.8) is 0 Å². The molecule has 0 amide bonds. The van der Waals surface area contributed by atoms with Crippen molar-refractivity contribution in [2.75, 3.05) is 0 Å². The van der Waals surface area contributed by atoms with Crippen molar-refractivity contribution < 1.29 is 4.74 Å². The molecule has 1 saturated heterocycles. The van der Waals surface area contributed by atoms with Gasteiger partial charge in [-0.2, -0.15) is 0 Å². The van der Waals surface area contributed by atoms with Crippen LogP contribution in [-0.2, 0) is 4.74 Å². The Bertz CT molecular complexity index is 285. The molecule has 0 radical (unpaired) electrons. The highest BCUT2D eigenvalue weighted by atomic mass is 16.6. The van der Waals surface area contributed by atoms with Crippen molar-refractivity contribution in [1.29, 1.82) is 0 Å². The number of epoxide rings is 1. The van der Waals surface area contributed by atoms with Gasteiger partial charge in [-0.3, -0.25) is 0 Å². The van der Waals surface area contributed by atoms with Crippen molar-refractivity contribution in [1.82, 2.24) is 0 Å². The summed E-state index contributed by atoms with van der Waals surface area (Å²) >= 11 is 0. The fourth-order valence-corrected chi connectivity index (χ4v) is 4.77. The Morgan fingerprint density at radius 1 is 0.929 bits per heavy atom. The standard InChI is InChI=1S/C13H18O/c1-2-7-3-8-4-9(7)11-6-13-12(14-13)5-10(8)11/h2,7-13H,1,3-6H2. The fraction of sp³-hybridized carbons (Fsp3) is 0.846. The summed E-state index contributed by atoms with van der Waals surface area (Å²) in [5.41, 5.74) is 0. The lowest BCUT2D eigenvalue weighted by Crippen LogP contribution is -2.32. The van der Waals surface area contributed by atoms with Gasteiger partial charge in [0.2, 0.25) is 0 Å². The number of fused-ring (bicyclic) bond motifs is 6. The second kappa shape index (κ2) is 2.44. The molecular weight excluding hydrogens is 172 g/mol. The Balaban J connectivity index is 1.63. The van der Waals surface area contributed by atoms with Crippen LogP contribution in [0.5, 0.6) is 0 Å². The Kier molecular flexibility index (Phi) is 1.38. The van der Waals surface area contributed by atoms with Crippen LogP contribution in [0, 0.1) is 29.6 Å². The highest BCUT2D eigenvalue weighted by Crippen LogP contribution is 2.62. The van der Waals surface area contributed by atoms with E-state index < -0.39 is 0 Å². The molecule has 14 heavy (non-hydrogen) atoms. The van der Waals surface area contributed by atoms with Crippen LogP contribution in [0.2, 0.25) is 0 Å². The predicted molar refractivity (Wildman–Crippen MR) is 54.8 cm³/mol. The fourth-order valence-electron chi connectivity index (χ4n) is 4.77. The summed E-state index contributed by atoms with van der Waals surface area (Å²) in [4.78, 5) is 0. The van der Waals surface area contributed by atoms with Crippen molar-refractivity contribution in [2.45, 2.75) is 37.9 Å². The number of hydrogen-bond donors (Lipinski definition) is 0. The molecule has 4 aliphatic rings. The van der Waals surface area contributed by atoms with Crippen LogP contribution in [0.15, 0.2) is 12.7 Å². The molecule has 4 fully saturated rings. The molecule has 0 aromatic carbocycles. The maximum atomic E-state index is 5.68. The molecule has 0 N–H and O–H groups in total. The van der Waals surface area contributed by atoms with Crippen molar-refractivity contribution in [2.24, 2.45) is 29.6 Å². The summed E-state index contributed by atoms with van der Waals surface area (Å²) in [6.07, 6.45) is 9.28. The van der Waals surface area contributed by atoms with Gasteiger partial charge in [-0.1, -0.05) is 6.08 Å². The summed E-state index contributed by atoms with van der Waals surface area (Å²) in [7, 11) is 0. The van der Waals surface area contributed by atoms with Gasteiger partial charge in [0.25, 0.3) is 0 Å².